The van der Waals surface area contributed by atoms with E-state index in [1.54, 1.807) is 0 Å². The second kappa shape index (κ2) is 20.6. The van der Waals surface area contributed by atoms with Gasteiger partial charge < -0.3 is 9.84 Å². The molecule has 0 atom stereocenters. The predicted octanol–water partition coefficient (Wildman–Crippen LogP) is 6.79. The third-order valence-corrected chi connectivity index (χ3v) is 4.09. The van der Waals surface area contributed by atoms with Gasteiger partial charge in [-0.3, -0.25) is 0 Å². The number of hydrogen-bond acceptors (Lipinski definition) is 2. The van der Waals surface area contributed by atoms with Crippen LogP contribution in [0.4, 0.5) is 0 Å². The summed E-state index contributed by atoms with van der Waals surface area (Å²) in [6, 6.07) is 0. The summed E-state index contributed by atoms with van der Waals surface area (Å²) in [5.74, 6) is -0.966. The monoisotopic (exact) mass is 350 g/mol. The third kappa shape index (κ3) is 22.5. The van der Waals surface area contributed by atoms with E-state index in [0.29, 0.717) is 0 Å². The van der Waals surface area contributed by atoms with Crippen LogP contribution in [0.25, 0.3) is 0 Å². The van der Waals surface area contributed by atoms with E-state index in [1.807, 2.05) is 6.08 Å². The molecule has 0 aliphatic heterocycles. The van der Waals surface area contributed by atoms with Crippen molar-refractivity contribution < 1.29 is 14.6 Å². The Bertz CT molecular complexity index is 379. The lowest BCUT2D eigenvalue weighted by Crippen LogP contribution is -2.02. The highest BCUT2D eigenvalue weighted by Crippen LogP contribution is 2.11. The maximum absolute atomic E-state index is 10.2. The standard InChI is InChI=1S/C22H38O3/c1-2-3-4-5-6-7-8-9-10-11-12-13-14-15-16-17-18-19-20-25-21-22(23)24/h12-13,18,20H,2-11,14-17,21H2,1H3,(H,23,24)/b13-12-. The quantitative estimate of drug-likeness (QED) is 0.128. The topological polar surface area (TPSA) is 46.5 Å². The van der Waals surface area contributed by atoms with E-state index in [9.17, 15) is 4.79 Å². The molecule has 0 spiro atoms. The molecular weight excluding hydrogens is 312 g/mol. The molecule has 0 unspecified atom stereocenters. The van der Waals surface area contributed by atoms with Gasteiger partial charge in [0.25, 0.3) is 0 Å². The molecule has 0 aromatic heterocycles. The van der Waals surface area contributed by atoms with Gasteiger partial charge in [-0.1, -0.05) is 76.2 Å². The Kier molecular flexibility index (Phi) is 19.4. The van der Waals surface area contributed by atoms with Gasteiger partial charge >= 0.3 is 5.97 Å². The second-order valence-corrected chi connectivity index (χ2v) is 6.57. The van der Waals surface area contributed by atoms with Gasteiger partial charge in [0, 0.05) is 0 Å². The van der Waals surface area contributed by atoms with Crippen molar-refractivity contribution in [2.75, 3.05) is 6.61 Å². The van der Waals surface area contributed by atoms with Crippen LogP contribution < -0.4 is 0 Å². The predicted molar refractivity (Wildman–Crippen MR) is 106 cm³/mol. The molecule has 0 bridgehead atoms. The van der Waals surface area contributed by atoms with Crippen molar-refractivity contribution in [1.82, 2.24) is 0 Å². The summed E-state index contributed by atoms with van der Waals surface area (Å²) >= 11 is 0. The number of rotatable bonds is 18. The van der Waals surface area contributed by atoms with E-state index in [2.05, 4.69) is 24.8 Å². The second-order valence-electron chi connectivity index (χ2n) is 6.57. The Balaban J connectivity index is 3.23. The van der Waals surface area contributed by atoms with Crippen molar-refractivity contribution in [2.45, 2.75) is 96.8 Å². The van der Waals surface area contributed by atoms with Gasteiger partial charge in [0.2, 0.25) is 0 Å². The van der Waals surface area contributed by atoms with Gasteiger partial charge in [0.05, 0.1) is 0 Å². The highest BCUT2D eigenvalue weighted by Gasteiger charge is 1.92. The van der Waals surface area contributed by atoms with E-state index in [4.69, 9.17) is 9.84 Å². The van der Waals surface area contributed by atoms with Crippen molar-refractivity contribution in [3.05, 3.63) is 30.2 Å². The Hall–Kier alpha value is -1.47. The Labute approximate surface area is 154 Å². The number of unbranched alkanes of at least 4 members (excludes halogenated alkanes) is 12. The number of ether oxygens (including phenoxy) is 1. The van der Waals surface area contributed by atoms with Crippen molar-refractivity contribution in [2.24, 2.45) is 0 Å². The van der Waals surface area contributed by atoms with Gasteiger partial charge in [0.15, 0.2) is 6.61 Å². The highest BCUT2D eigenvalue weighted by atomic mass is 16.5. The van der Waals surface area contributed by atoms with Crippen LogP contribution in [0.1, 0.15) is 96.8 Å². The zero-order valence-electron chi connectivity index (χ0n) is 16.2. The minimum Gasteiger partial charge on any atom is -0.481 e. The van der Waals surface area contributed by atoms with Gasteiger partial charge in [-0.2, -0.15) is 0 Å². The van der Waals surface area contributed by atoms with E-state index >= 15 is 0 Å². The number of aliphatic carboxylic acids is 1. The maximum atomic E-state index is 10.2. The number of carboxylic acids is 1. The van der Waals surface area contributed by atoms with Crippen LogP contribution >= 0.6 is 0 Å². The molecule has 3 heteroatoms. The van der Waals surface area contributed by atoms with E-state index in [-0.39, 0.29) is 6.61 Å². The maximum Gasteiger partial charge on any atom is 0.341 e. The number of carboxylic acid groups (broad SMARTS) is 1. The van der Waals surface area contributed by atoms with Crippen molar-refractivity contribution in [1.29, 1.82) is 0 Å². The largest absolute Gasteiger partial charge is 0.481 e. The van der Waals surface area contributed by atoms with Crippen molar-refractivity contribution in [3.63, 3.8) is 0 Å². The van der Waals surface area contributed by atoms with Crippen molar-refractivity contribution >= 4 is 5.97 Å². The van der Waals surface area contributed by atoms with Crippen LogP contribution in [0.3, 0.4) is 0 Å². The first-order valence-corrected chi connectivity index (χ1v) is 10.1. The Morgan fingerprint density at radius 2 is 1.36 bits per heavy atom. The SMILES string of the molecule is CCCCCCCCCCC/C=C\CCCCC=C=COCC(=O)O. The number of carbonyl (C=O) groups is 1. The zero-order valence-corrected chi connectivity index (χ0v) is 16.2. The fourth-order valence-electron chi connectivity index (χ4n) is 2.61. The summed E-state index contributed by atoms with van der Waals surface area (Å²) in [5, 5.41) is 8.38. The van der Waals surface area contributed by atoms with Crippen LogP contribution in [-0.2, 0) is 9.53 Å². The minimum absolute atomic E-state index is 0.301. The molecular formula is C22H38O3. The first kappa shape index (κ1) is 23.5. The molecule has 0 amide bonds. The zero-order chi connectivity index (χ0) is 18.4. The van der Waals surface area contributed by atoms with Crippen LogP contribution in [-0.4, -0.2) is 17.7 Å². The molecule has 25 heavy (non-hydrogen) atoms. The summed E-state index contributed by atoms with van der Waals surface area (Å²) in [4.78, 5) is 10.2. The molecule has 1 N–H and O–H groups in total. The number of allylic oxidation sites excluding steroid dienone is 3. The lowest BCUT2D eigenvalue weighted by atomic mass is 10.1. The van der Waals surface area contributed by atoms with Gasteiger partial charge in [-0.05, 0) is 44.6 Å². The molecule has 0 aromatic carbocycles. The molecule has 0 rings (SSSR count). The number of hydrogen-bond donors (Lipinski definition) is 1. The summed E-state index contributed by atoms with van der Waals surface area (Å²) in [5.41, 5.74) is 2.84. The normalized spacial score (nSPS) is 10.6. The van der Waals surface area contributed by atoms with Crippen LogP contribution in [0, 0.1) is 0 Å². The molecule has 0 saturated heterocycles. The molecule has 3 nitrogen and oxygen atoms in total. The summed E-state index contributed by atoms with van der Waals surface area (Å²) in [6.45, 7) is 1.97. The summed E-state index contributed by atoms with van der Waals surface area (Å²) < 4.78 is 4.75. The molecule has 0 radical (unpaired) electrons. The minimum atomic E-state index is -0.966. The first-order valence-electron chi connectivity index (χ1n) is 10.1. The van der Waals surface area contributed by atoms with E-state index in [1.165, 1.54) is 76.9 Å². The lowest BCUT2D eigenvalue weighted by Gasteiger charge is -2.00. The van der Waals surface area contributed by atoms with Gasteiger partial charge in [0.1, 0.15) is 6.26 Å². The molecule has 0 aliphatic carbocycles. The first-order chi connectivity index (χ1) is 12.3. The van der Waals surface area contributed by atoms with E-state index in [0.717, 1.165) is 19.3 Å². The average Bonchev–Trinajstić information content (AvgIpc) is 2.60. The Morgan fingerprint density at radius 1 is 0.840 bits per heavy atom. The smallest absolute Gasteiger partial charge is 0.341 e. The summed E-state index contributed by atoms with van der Waals surface area (Å²) in [6.07, 6.45) is 26.0. The molecule has 0 heterocycles. The van der Waals surface area contributed by atoms with E-state index < -0.39 is 5.97 Å². The van der Waals surface area contributed by atoms with Gasteiger partial charge in [-0.25, -0.2) is 4.79 Å². The van der Waals surface area contributed by atoms with Crippen LogP contribution in [0.15, 0.2) is 30.2 Å². The highest BCUT2D eigenvalue weighted by molar-refractivity contribution is 5.68. The molecule has 0 aromatic rings. The van der Waals surface area contributed by atoms with Crippen LogP contribution in [0.5, 0.6) is 0 Å². The Morgan fingerprint density at radius 3 is 1.96 bits per heavy atom. The third-order valence-electron chi connectivity index (χ3n) is 4.09. The fourth-order valence-corrected chi connectivity index (χ4v) is 2.61. The summed E-state index contributed by atoms with van der Waals surface area (Å²) in [7, 11) is 0. The molecule has 144 valence electrons. The molecule has 0 fully saturated rings. The van der Waals surface area contributed by atoms with Crippen molar-refractivity contribution in [3.8, 4) is 0 Å². The lowest BCUT2D eigenvalue weighted by molar-refractivity contribution is -0.140. The van der Waals surface area contributed by atoms with Crippen LogP contribution in [0.2, 0.25) is 0 Å². The molecule has 0 saturated carbocycles. The van der Waals surface area contributed by atoms with Gasteiger partial charge in [-0.15, -0.1) is 0 Å². The molecule has 0 aliphatic rings. The average molecular weight is 351 g/mol. The fraction of sp³-hybridized carbons (Fsp3) is 0.727.